The molecule has 1 aliphatic carbocycles. The molecule has 0 unspecified atom stereocenters. The fraction of sp³-hybridized carbons (Fsp3) is 0.440. The molecule has 4 atom stereocenters. The molecule has 3 heterocycles. The van der Waals surface area contributed by atoms with Crippen molar-refractivity contribution >= 4 is 33.7 Å². The van der Waals surface area contributed by atoms with Gasteiger partial charge in [-0.3, -0.25) is 0 Å². The summed E-state index contributed by atoms with van der Waals surface area (Å²) in [5.74, 6) is 1.15. The lowest BCUT2D eigenvalue weighted by atomic mass is 10.1. The van der Waals surface area contributed by atoms with Gasteiger partial charge in [-0.05, 0) is 31.7 Å². The molecule has 0 amide bonds. The van der Waals surface area contributed by atoms with Crippen LogP contribution < -0.4 is 4.74 Å². The Labute approximate surface area is 206 Å². The van der Waals surface area contributed by atoms with Crippen LogP contribution in [0.25, 0.3) is 21.9 Å². The van der Waals surface area contributed by atoms with Crippen LogP contribution in [0, 0.1) is 0 Å². The summed E-state index contributed by atoms with van der Waals surface area (Å²) in [6.45, 7) is 5.82. The Morgan fingerprint density at radius 1 is 1.11 bits per heavy atom. The molecule has 9 nitrogen and oxygen atoms in total. The predicted octanol–water partition coefficient (Wildman–Crippen LogP) is 4.49. The van der Waals surface area contributed by atoms with Crippen LogP contribution in [-0.4, -0.2) is 59.9 Å². The lowest BCUT2D eigenvalue weighted by molar-refractivity contribution is -0.165. The van der Waals surface area contributed by atoms with E-state index in [0.717, 1.165) is 22.9 Å². The molecule has 4 aromatic rings. The molecule has 182 valence electrons. The number of hydrogen-bond acceptors (Lipinski definition) is 9. The van der Waals surface area contributed by atoms with E-state index in [-0.39, 0.29) is 12.1 Å². The van der Waals surface area contributed by atoms with Gasteiger partial charge >= 0.3 is 0 Å². The zero-order valence-electron chi connectivity index (χ0n) is 19.8. The lowest BCUT2D eigenvalue weighted by Crippen LogP contribution is -2.29. The third-order valence-corrected chi connectivity index (χ3v) is 7.44. The van der Waals surface area contributed by atoms with Crippen LogP contribution in [-0.2, 0) is 9.47 Å². The van der Waals surface area contributed by atoms with Crippen LogP contribution in [0.4, 0.5) is 0 Å². The molecule has 2 aromatic heterocycles. The van der Waals surface area contributed by atoms with Crippen LogP contribution >= 0.6 is 11.8 Å². The standard InChI is InChI=1S/C25H27N5O4S/c1-4-12-35-24-26-22-19(23(27-24)32-18-11-7-9-14-8-5-6-10-15(14)18)28-29-30(22)16-13-17(31)21-20(16)33-25(2,3)34-21/h5-11,16-17,20-21,31H,4,12-13H2,1-3H3/t16-,17+,20+,21-/m1/s1. The zero-order chi connectivity index (χ0) is 24.2. The Balaban J connectivity index is 1.44. The van der Waals surface area contributed by atoms with Gasteiger partial charge in [-0.15, -0.1) is 5.10 Å². The summed E-state index contributed by atoms with van der Waals surface area (Å²) >= 11 is 1.56. The van der Waals surface area contributed by atoms with Gasteiger partial charge in [0.1, 0.15) is 18.0 Å². The monoisotopic (exact) mass is 493 g/mol. The molecule has 1 N–H and O–H groups in total. The molecule has 2 fully saturated rings. The fourth-order valence-corrected chi connectivity index (χ4v) is 5.58. The van der Waals surface area contributed by atoms with Gasteiger partial charge in [0.2, 0.25) is 0 Å². The fourth-order valence-electron chi connectivity index (χ4n) is 4.89. The molecular weight excluding hydrogens is 466 g/mol. The predicted molar refractivity (Wildman–Crippen MR) is 132 cm³/mol. The summed E-state index contributed by atoms with van der Waals surface area (Å²) in [4.78, 5) is 9.48. The first kappa shape index (κ1) is 22.7. The minimum absolute atomic E-state index is 0.272. The number of aliphatic hydroxyl groups is 1. The molecule has 2 aromatic carbocycles. The highest BCUT2D eigenvalue weighted by molar-refractivity contribution is 7.99. The molecular formula is C25H27N5O4S. The Morgan fingerprint density at radius 3 is 2.77 bits per heavy atom. The molecule has 1 saturated carbocycles. The maximum absolute atomic E-state index is 10.7. The van der Waals surface area contributed by atoms with Crippen molar-refractivity contribution in [1.29, 1.82) is 0 Å². The maximum Gasteiger partial charge on any atom is 0.254 e. The van der Waals surface area contributed by atoms with Gasteiger partial charge in [0.25, 0.3) is 5.88 Å². The van der Waals surface area contributed by atoms with Gasteiger partial charge in [0, 0.05) is 17.6 Å². The Hall–Kier alpha value is -2.79. The molecule has 10 heteroatoms. The average Bonchev–Trinajstić information content (AvgIpc) is 3.49. The summed E-state index contributed by atoms with van der Waals surface area (Å²) in [6.07, 6.45) is -0.00842. The summed E-state index contributed by atoms with van der Waals surface area (Å²) in [7, 11) is 0. The van der Waals surface area contributed by atoms with Gasteiger partial charge in [-0.25, -0.2) is 9.67 Å². The van der Waals surface area contributed by atoms with E-state index in [9.17, 15) is 5.11 Å². The SMILES string of the molecule is CCCSc1nc(Oc2cccc3ccccc23)c2nnn([C@@H]3C[C@H](O)[C@H]4OC(C)(C)O[C@H]43)c2n1. The Bertz CT molecular complexity index is 1390. The number of benzene rings is 2. The van der Waals surface area contributed by atoms with Crippen LogP contribution in [0.2, 0.25) is 0 Å². The van der Waals surface area contributed by atoms with E-state index in [2.05, 4.69) is 17.2 Å². The second-order valence-electron chi connectivity index (χ2n) is 9.38. The first-order valence-corrected chi connectivity index (χ1v) is 12.9. The minimum atomic E-state index is -0.773. The minimum Gasteiger partial charge on any atom is -0.436 e. The van der Waals surface area contributed by atoms with Crippen LogP contribution in [0.1, 0.15) is 39.7 Å². The second kappa shape index (κ2) is 8.70. The molecule has 0 bridgehead atoms. The number of aromatic nitrogens is 5. The highest BCUT2D eigenvalue weighted by Crippen LogP contribution is 2.45. The number of nitrogens with zero attached hydrogens (tertiary/aromatic N) is 5. The number of ether oxygens (including phenoxy) is 3. The number of fused-ring (bicyclic) bond motifs is 3. The van der Waals surface area contributed by atoms with E-state index in [1.165, 1.54) is 0 Å². The normalized spacial score (nSPS) is 25.4. The topological polar surface area (TPSA) is 104 Å². The summed E-state index contributed by atoms with van der Waals surface area (Å²) in [6, 6.07) is 13.7. The van der Waals surface area contributed by atoms with E-state index in [0.29, 0.717) is 34.4 Å². The van der Waals surface area contributed by atoms with Crippen molar-refractivity contribution in [3.05, 3.63) is 42.5 Å². The summed E-state index contributed by atoms with van der Waals surface area (Å²) < 4.78 is 20.2. The number of rotatable bonds is 6. The van der Waals surface area contributed by atoms with Gasteiger partial charge in [-0.1, -0.05) is 60.3 Å². The zero-order valence-corrected chi connectivity index (χ0v) is 20.6. The number of aliphatic hydroxyl groups excluding tert-OH is 1. The molecule has 1 saturated heterocycles. The highest BCUT2D eigenvalue weighted by Gasteiger charge is 2.55. The molecule has 0 radical (unpaired) electrons. The van der Waals surface area contributed by atoms with Gasteiger partial charge in [0.15, 0.2) is 22.1 Å². The van der Waals surface area contributed by atoms with Gasteiger partial charge < -0.3 is 19.3 Å². The van der Waals surface area contributed by atoms with Gasteiger partial charge in [0.05, 0.1) is 12.1 Å². The first-order valence-electron chi connectivity index (χ1n) is 11.9. The highest BCUT2D eigenvalue weighted by atomic mass is 32.2. The maximum atomic E-state index is 10.7. The Morgan fingerprint density at radius 2 is 1.91 bits per heavy atom. The number of hydrogen-bond donors (Lipinski definition) is 1. The second-order valence-corrected chi connectivity index (χ2v) is 10.4. The van der Waals surface area contributed by atoms with Crippen molar-refractivity contribution in [1.82, 2.24) is 25.0 Å². The van der Waals surface area contributed by atoms with Crippen molar-refractivity contribution in [3.63, 3.8) is 0 Å². The van der Waals surface area contributed by atoms with Gasteiger partial charge in [-0.2, -0.15) is 4.98 Å². The molecule has 2 aliphatic rings. The lowest BCUT2D eigenvalue weighted by Gasteiger charge is -2.22. The largest absolute Gasteiger partial charge is 0.436 e. The van der Waals surface area contributed by atoms with E-state index in [1.54, 1.807) is 16.4 Å². The van der Waals surface area contributed by atoms with E-state index < -0.39 is 18.0 Å². The van der Waals surface area contributed by atoms with Crippen molar-refractivity contribution in [3.8, 4) is 11.6 Å². The Kier molecular flexibility index (Phi) is 5.63. The van der Waals surface area contributed by atoms with E-state index in [1.807, 2.05) is 56.3 Å². The smallest absolute Gasteiger partial charge is 0.254 e. The molecule has 1 aliphatic heterocycles. The van der Waals surface area contributed by atoms with Crippen molar-refractivity contribution in [2.75, 3.05) is 5.75 Å². The number of thioether (sulfide) groups is 1. The van der Waals surface area contributed by atoms with E-state index in [4.69, 9.17) is 24.2 Å². The van der Waals surface area contributed by atoms with Crippen LogP contribution in [0.15, 0.2) is 47.6 Å². The quantitative estimate of drug-likeness (QED) is 0.307. The van der Waals surface area contributed by atoms with Crippen molar-refractivity contribution in [2.24, 2.45) is 0 Å². The molecule has 6 rings (SSSR count). The summed E-state index contributed by atoms with van der Waals surface area (Å²) in [5.41, 5.74) is 1.02. The van der Waals surface area contributed by atoms with Crippen molar-refractivity contribution in [2.45, 2.75) is 68.9 Å². The van der Waals surface area contributed by atoms with Crippen LogP contribution in [0.3, 0.4) is 0 Å². The summed E-state index contributed by atoms with van der Waals surface area (Å²) in [5, 5.41) is 22.2. The van der Waals surface area contributed by atoms with Crippen LogP contribution in [0.5, 0.6) is 11.6 Å². The average molecular weight is 494 g/mol. The first-order chi connectivity index (χ1) is 16.9. The third kappa shape index (κ3) is 4.04. The molecule has 35 heavy (non-hydrogen) atoms. The molecule has 0 spiro atoms. The third-order valence-electron chi connectivity index (χ3n) is 6.38. The van der Waals surface area contributed by atoms with E-state index >= 15 is 0 Å². The van der Waals surface area contributed by atoms with Crippen molar-refractivity contribution < 1.29 is 19.3 Å².